The van der Waals surface area contributed by atoms with Gasteiger partial charge in [-0.25, -0.2) is 0 Å². The smallest absolute Gasteiger partial charge is 0.0536 e. The van der Waals surface area contributed by atoms with Gasteiger partial charge in [0.1, 0.15) is 0 Å². The van der Waals surface area contributed by atoms with Crippen molar-refractivity contribution in [2.75, 3.05) is 14.8 Å². The molecule has 1 unspecified atom stereocenters. The van der Waals surface area contributed by atoms with E-state index in [4.69, 9.17) is 0 Å². The second-order valence-electron chi connectivity index (χ2n) is 7.42. The first-order chi connectivity index (χ1) is 14.8. The fourth-order valence-electron chi connectivity index (χ4n) is 3.92. The van der Waals surface area contributed by atoms with Crippen molar-refractivity contribution in [3.05, 3.63) is 93.7 Å². The zero-order valence-electron chi connectivity index (χ0n) is 16.0. The summed E-state index contributed by atoms with van der Waals surface area (Å²) < 4.78 is 6.92. The molecule has 3 N–H and O–H groups in total. The second-order valence-corrected chi connectivity index (χ2v) is 10.1. The van der Waals surface area contributed by atoms with Gasteiger partial charge in [0.25, 0.3) is 0 Å². The van der Waals surface area contributed by atoms with Crippen LogP contribution < -0.4 is 14.8 Å². The maximum Gasteiger partial charge on any atom is 0.0536 e. The quantitative estimate of drug-likeness (QED) is 0.353. The maximum absolute atomic E-state index is 3.60. The number of hydrogen-bond acceptors (Lipinski definition) is 6. The Kier molecular flexibility index (Phi) is 4.71. The van der Waals surface area contributed by atoms with Crippen molar-refractivity contribution in [3.8, 4) is 0 Å². The molecule has 3 aliphatic rings. The minimum Gasteiger partial charge on any atom is -0.354 e. The molecule has 3 nitrogen and oxygen atoms in total. The van der Waals surface area contributed by atoms with E-state index in [1.165, 1.54) is 49.9 Å². The van der Waals surface area contributed by atoms with Gasteiger partial charge in [0.05, 0.1) is 22.3 Å². The third-order valence-electron chi connectivity index (χ3n) is 5.52. The van der Waals surface area contributed by atoms with Crippen molar-refractivity contribution in [2.24, 2.45) is 0 Å². The van der Waals surface area contributed by atoms with Gasteiger partial charge in [0.2, 0.25) is 0 Å². The molecule has 3 aromatic carbocycles. The van der Waals surface area contributed by atoms with Crippen LogP contribution in [-0.4, -0.2) is 0 Å². The standard InChI is InChI=1S/C24H19N3S3/c1-2-4-23-21(3-1)25-22(14-28-23)15-5-7-20-18(12-15)13-24(30-27-20)17-6-8-19-16(11-17)9-10-29-26-19/h1-12,14,24-27H,13H2. The molecular weight excluding hydrogens is 426 g/mol. The molecule has 3 heterocycles. The zero-order chi connectivity index (χ0) is 19.9. The van der Waals surface area contributed by atoms with Gasteiger partial charge in [0.15, 0.2) is 0 Å². The van der Waals surface area contributed by atoms with E-state index < -0.39 is 0 Å². The van der Waals surface area contributed by atoms with Gasteiger partial charge in [-0.2, -0.15) is 0 Å². The molecule has 148 valence electrons. The van der Waals surface area contributed by atoms with E-state index in [0.717, 1.165) is 6.42 Å². The molecule has 0 aliphatic carbocycles. The van der Waals surface area contributed by atoms with Crippen molar-refractivity contribution in [2.45, 2.75) is 16.6 Å². The molecular formula is C24H19N3S3. The van der Waals surface area contributed by atoms with E-state index in [9.17, 15) is 0 Å². The Labute approximate surface area is 189 Å². The lowest BCUT2D eigenvalue weighted by molar-refractivity contribution is 0.926. The van der Waals surface area contributed by atoms with Crippen LogP contribution in [0.1, 0.15) is 27.5 Å². The second kappa shape index (κ2) is 7.69. The molecule has 1 atom stereocenters. The molecule has 3 aromatic rings. The highest BCUT2D eigenvalue weighted by molar-refractivity contribution is 8.03. The monoisotopic (exact) mass is 445 g/mol. The summed E-state index contributed by atoms with van der Waals surface area (Å²) in [6, 6.07) is 21.9. The number of nitrogens with one attached hydrogen (secondary N) is 3. The largest absolute Gasteiger partial charge is 0.354 e. The van der Waals surface area contributed by atoms with Crippen molar-refractivity contribution in [1.82, 2.24) is 0 Å². The lowest BCUT2D eigenvalue weighted by Gasteiger charge is -2.27. The Morgan fingerprint density at radius 1 is 0.867 bits per heavy atom. The third kappa shape index (κ3) is 3.39. The summed E-state index contributed by atoms with van der Waals surface area (Å²) >= 11 is 5.21. The highest BCUT2D eigenvalue weighted by atomic mass is 32.2. The average Bonchev–Trinajstić information content (AvgIpc) is 2.82. The fourth-order valence-corrected chi connectivity index (χ4v) is 6.37. The minimum atomic E-state index is 0.393. The van der Waals surface area contributed by atoms with Crippen LogP contribution in [0, 0.1) is 0 Å². The van der Waals surface area contributed by atoms with Crippen molar-refractivity contribution >= 4 is 64.5 Å². The molecule has 6 rings (SSSR count). The summed E-state index contributed by atoms with van der Waals surface area (Å²) in [5.74, 6) is 0. The number of thioether (sulfide) groups is 1. The van der Waals surface area contributed by atoms with Gasteiger partial charge in [-0.3, -0.25) is 0 Å². The van der Waals surface area contributed by atoms with Crippen LogP contribution >= 0.6 is 35.7 Å². The fraction of sp³-hybridized carbons (Fsp3) is 0.0833. The Morgan fingerprint density at radius 2 is 1.80 bits per heavy atom. The third-order valence-corrected chi connectivity index (χ3v) is 8.16. The Balaban J connectivity index is 1.27. The Hall–Kier alpha value is -2.41. The van der Waals surface area contributed by atoms with Crippen molar-refractivity contribution in [3.63, 3.8) is 0 Å². The molecule has 0 aromatic heterocycles. The van der Waals surface area contributed by atoms with Crippen LogP contribution in [0.5, 0.6) is 0 Å². The van der Waals surface area contributed by atoms with E-state index in [1.54, 1.807) is 23.7 Å². The normalized spacial score (nSPS) is 18.7. The molecule has 0 radical (unpaired) electrons. The van der Waals surface area contributed by atoms with E-state index in [2.05, 4.69) is 92.3 Å². The number of benzene rings is 3. The highest BCUT2D eigenvalue weighted by Gasteiger charge is 2.23. The Bertz CT molecular complexity index is 1200. The van der Waals surface area contributed by atoms with Gasteiger partial charge >= 0.3 is 0 Å². The summed E-state index contributed by atoms with van der Waals surface area (Å²) in [6.45, 7) is 0. The minimum absolute atomic E-state index is 0.393. The van der Waals surface area contributed by atoms with Gasteiger partial charge in [0, 0.05) is 16.0 Å². The van der Waals surface area contributed by atoms with E-state index >= 15 is 0 Å². The van der Waals surface area contributed by atoms with Gasteiger partial charge in [-0.1, -0.05) is 36.0 Å². The molecule has 0 spiro atoms. The van der Waals surface area contributed by atoms with Crippen LogP contribution in [-0.2, 0) is 6.42 Å². The molecule has 0 bridgehead atoms. The van der Waals surface area contributed by atoms with Crippen molar-refractivity contribution < 1.29 is 0 Å². The maximum atomic E-state index is 3.60. The Morgan fingerprint density at radius 3 is 2.80 bits per heavy atom. The first kappa shape index (κ1) is 18.4. The van der Waals surface area contributed by atoms with Gasteiger partial charge in [-0.05, 0) is 100 Å². The first-order valence-corrected chi connectivity index (χ1v) is 12.5. The summed E-state index contributed by atoms with van der Waals surface area (Å²) in [5.41, 5.74) is 9.98. The van der Waals surface area contributed by atoms with Crippen LogP contribution in [0.3, 0.4) is 0 Å². The van der Waals surface area contributed by atoms with Crippen LogP contribution in [0.15, 0.2) is 76.4 Å². The molecule has 0 amide bonds. The van der Waals surface area contributed by atoms with Crippen LogP contribution in [0.25, 0.3) is 11.8 Å². The van der Waals surface area contributed by atoms with Crippen LogP contribution in [0.2, 0.25) is 0 Å². The number of rotatable bonds is 2. The summed E-state index contributed by atoms with van der Waals surface area (Å²) in [7, 11) is 0. The SMILES string of the molecule is C1=Cc2cc(C3Cc4cc(C5=CSc6ccccc6N5)ccc4NS3)ccc2NS1. The molecule has 0 saturated heterocycles. The number of anilines is 3. The number of fused-ring (bicyclic) bond motifs is 3. The molecule has 30 heavy (non-hydrogen) atoms. The first-order valence-electron chi connectivity index (χ1n) is 9.83. The summed E-state index contributed by atoms with van der Waals surface area (Å²) in [4.78, 5) is 1.27. The predicted molar refractivity (Wildman–Crippen MR) is 135 cm³/mol. The summed E-state index contributed by atoms with van der Waals surface area (Å²) in [5, 5.41) is 8.30. The van der Waals surface area contributed by atoms with Crippen molar-refractivity contribution in [1.29, 1.82) is 0 Å². The van der Waals surface area contributed by atoms with Gasteiger partial charge < -0.3 is 14.8 Å². The van der Waals surface area contributed by atoms with E-state index in [-0.39, 0.29) is 0 Å². The lowest BCUT2D eigenvalue weighted by atomic mass is 9.97. The molecule has 6 heteroatoms. The van der Waals surface area contributed by atoms with Gasteiger partial charge in [-0.15, -0.1) is 0 Å². The number of hydrogen-bond donors (Lipinski definition) is 3. The molecule has 0 saturated carbocycles. The number of para-hydroxylation sites is 1. The lowest BCUT2D eigenvalue weighted by Crippen LogP contribution is -2.12. The van der Waals surface area contributed by atoms with E-state index in [0.29, 0.717) is 5.25 Å². The van der Waals surface area contributed by atoms with E-state index in [1.807, 2.05) is 11.9 Å². The predicted octanol–water partition coefficient (Wildman–Crippen LogP) is 7.60. The van der Waals surface area contributed by atoms with Crippen LogP contribution in [0.4, 0.5) is 17.1 Å². The summed E-state index contributed by atoms with van der Waals surface area (Å²) in [6.07, 6.45) is 3.20. The molecule has 0 fully saturated rings. The average molecular weight is 446 g/mol. The zero-order valence-corrected chi connectivity index (χ0v) is 18.5. The molecule has 3 aliphatic heterocycles. The topological polar surface area (TPSA) is 36.1 Å². The highest BCUT2D eigenvalue weighted by Crippen LogP contribution is 2.43.